The Morgan fingerprint density at radius 2 is 1.90 bits per heavy atom. The van der Waals surface area contributed by atoms with Crippen LogP contribution in [0.5, 0.6) is 0 Å². The largest absolute Gasteiger partial charge is 0.456 e. The summed E-state index contributed by atoms with van der Waals surface area (Å²) in [6, 6.07) is 11.1. The second-order valence-electron chi connectivity index (χ2n) is 5.36. The van der Waals surface area contributed by atoms with Crippen LogP contribution < -0.4 is 10.3 Å². The maximum Gasteiger partial charge on any atom is 0.182 e. The number of alkyl halides is 1. The number of halogens is 1. The molecule has 1 aromatic rings. The minimum Gasteiger partial charge on any atom is -0.456 e. The summed E-state index contributed by atoms with van der Waals surface area (Å²) in [6.07, 6.45) is 0. The molecular formula is C17H16BrNO2. The predicted molar refractivity (Wildman–Crippen MR) is 90.8 cm³/mol. The van der Waals surface area contributed by atoms with Gasteiger partial charge in [0, 0.05) is 47.7 Å². The van der Waals surface area contributed by atoms with Gasteiger partial charge in [-0.1, -0.05) is 15.9 Å². The summed E-state index contributed by atoms with van der Waals surface area (Å²) in [5.74, 6) is 0.632. The van der Waals surface area contributed by atoms with Gasteiger partial charge in [-0.15, -0.1) is 0 Å². The third-order valence-electron chi connectivity index (χ3n) is 3.63. The van der Waals surface area contributed by atoms with E-state index in [1.807, 2.05) is 31.1 Å². The third kappa shape index (κ3) is 2.44. The van der Waals surface area contributed by atoms with Gasteiger partial charge in [0.1, 0.15) is 11.3 Å². The van der Waals surface area contributed by atoms with Crippen LogP contribution in [0.2, 0.25) is 0 Å². The lowest BCUT2D eigenvalue weighted by molar-refractivity contribution is 0.616. The Hall–Kier alpha value is -1.81. The summed E-state index contributed by atoms with van der Waals surface area (Å²) in [5, 5.41) is 1.07. The number of nitrogens with zero attached hydrogens (tertiary/aromatic N) is 1. The molecule has 3 nitrogen and oxygen atoms in total. The molecule has 2 aliphatic rings. The summed E-state index contributed by atoms with van der Waals surface area (Å²) < 4.78 is 5.96. The van der Waals surface area contributed by atoms with E-state index >= 15 is 0 Å². The predicted octanol–water partition coefficient (Wildman–Crippen LogP) is 4.42. The molecule has 0 amide bonds. The van der Waals surface area contributed by atoms with E-state index in [1.54, 1.807) is 12.1 Å². The minimum absolute atomic E-state index is 0.0393. The van der Waals surface area contributed by atoms with Crippen molar-refractivity contribution >= 4 is 32.6 Å². The van der Waals surface area contributed by atoms with Gasteiger partial charge in [-0.3, -0.25) is 4.79 Å². The van der Waals surface area contributed by atoms with E-state index in [1.165, 1.54) is 0 Å². The van der Waals surface area contributed by atoms with Gasteiger partial charge < -0.3 is 9.32 Å². The Kier molecular flexibility index (Phi) is 3.49. The first kappa shape index (κ1) is 14.1. The van der Waals surface area contributed by atoms with Crippen molar-refractivity contribution in [1.29, 1.82) is 0 Å². The van der Waals surface area contributed by atoms with Crippen LogP contribution in [0.1, 0.15) is 17.3 Å². The van der Waals surface area contributed by atoms with Crippen LogP contribution in [-0.4, -0.2) is 14.1 Å². The molecule has 1 unspecified atom stereocenters. The molecule has 0 spiro atoms. The van der Waals surface area contributed by atoms with Crippen molar-refractivity contribution in [2.75, 3.05) is 19.0 Å². The Labute approximate surface area is 131 Å². The molecule has 1 atom stereocenters. The number of hydrogen-bond donors (Lipinski definition) is 0. The van der Waals surface area contributed by atoms with Crippen LogP contribution in [0.4, 0.5) is 5.69 Å². The Morgan fingerprint density at radius 3 is 2.57 bits per heavy atom. The number of fused-ring (bicyclic) bond motifs is 2. The monoisotopic (exact) mass is 345 g/mol. The van der Waals surface area contributed by atoms with E-state index in [2.05, 4.69) is 35.0 Å². The second-order valence-corrected chi connectivity index (χ2v) is 6.74. The lowest BCUT2D eigenvalue weighted by Gasteiger charge is -2.18. The molecule has 1 aromatic carbocycles. The fraction of sp³-hybridized carbons (Fsp3) is 0.235. The van der Waals surface area contributed by atoms with Crippen molar-refractivity contribution in [3.8, 4) is 11.3 Å². The molecule has 0 fully saturated rings. The van der Waals surface area contributed by atoms with E-state index < -0.39 is 0 Å². The smallest absolute Gasteiger partial charge is 0.182 e. The summed E-state index contributed by atoms with van der Waals surface area (Å²) in [7, 11) is 3.98. The fourth-order valence-corrected chi connectivity index (χ4v) is 3.09. The molecule has 0 aromatic heterocycles. The second kappa shape index (κ2) is 5.19. The summed E-state index contributed by atoms with van der Waals surface area (Å²) >= 11 is 3.66. The molecule has 0 N–H and O–H groups in total. The van der Waals surface area contributed by atoms with E-state index in [-0.39, 0.29) is 10.3 Å². The first-order valence-electron chi connectivity index (χ1n) is 6.79. The molecule has 1 aliphatic heterocycles. The van der Waals surface area contributed by atoms with Crippen LogP contribution in [-0.2, 0) is 0 Å². The SMILES string of the molecule is CC(Br)c1c2ccc(=O)cc-2oc2cc(N(C)C)ccc12. The van der Waals surface area contributed by atoms with E-state index in [0.717, 1.165) is 27.8 Å². The van der Waals surface area contributed by atoms with Crippen molar-refractivity contribution < 1.29 is 4.42 Å². The number of benzene rings is 2. The van der Waals surface area contributed by atoms with Gasteiger partial charge in [0.25, 0.3) is 0 Å². The molecule has 3 rings (SSSR count). The van der Waals surface area contributed by atoms with Gasteiger partial charge in [0.15, 0.2) is 5.43 Å². The van der Waals surface area contributed by atoms with Crippen molar-refractivity contribution in [3.05, 3.63) is 52.2 Å². The summed E-state index contributed by atoms with van der Waals surface area (Å²) in [4.78, 5) is 13.8. The van der Waals surface area contributed by atoms with Crippen LogP contribution in [0.3, 0.4) is 0 Å². The maximum atomic E-state index is 11.6. The first-order chi connectivity index (χ1) is 9.97. The van der Waals surface area contributed by atoms with Crippen LogP contribution in [0.25, 0.3) is 22.3 Å². The maximum absolute atomic E-state index is 11.6. The normalized spacial score (nSPS) is 12.8. The van der Waals surface area contributed by atoms with Crippen LogP contribution in [0, 0.1) is 0 Å². The van der Waals surface area contributed by atoms with Crippen molar-refractivity contribution in [3.63, 3.8) is 0 Å². The molecule has 108 valence electrons. The standard InChI is InChI=1S/C17H16BrNO2/c1-10(18)17-13-6-4-11(19(2)3)8-15(13)21-16-9-12(20)5-7-14(16)17/h4-10H,1-3H3. The number of anilines is 1. The molecule has 4 heteroatoms. The summed E-state index contributed by atoms with van der Waals surface area (Å²) in [5.41, 5.74) is 3.95. The van der Waals surface area contributed by atoms with Crippen LogP contribution >= 0.6 is 15.9 Å². The average molecular weight is 346 g/mol. The van der Waals surface area contributed by atoms with E-state index in [4.69, 9.17) is 4.42 Å². The summed E-state index contributed by atoms with van der Waals surface area (Å²) in [6.45, 7) is 2.08. The minimum atomic E-state index is -0.0393. The van der Waals surface area contributed by atoms with Gasteiger partial charge in [0.2, 0.25) is 0 Å². The number of hydrogen-bond acceptors (Lipinski definition) is 3. The average Bonchev–Trinajstić information content (AvgIpc) is 2.43. The Bertz CT molecular complexity index is 836. The molecule has 21 heavy (non-hydrogen) atoms. The van der Waals surface area contributed by atoms with E-state index in [0.29, 0.717) is 5.76 Å². The zero-order valence-electron chi connectivity index (χ0n) is 12.2. The van der Waals surface area contributed by atoms with Crippen molar-refractivity contribution in [2.45, 2.75) is 11.8 Å². The highest BCUT2D eigenvalue weighted by Gasteiger charge is 2.18. The highest BCUT2D eigenvalue weighted by atomic mass is 79.9. The number of rotatable bonds is 2. The van der Waals surface area contributed by atoms with Crippen LogP contribution in [0.15, 0.2) is 45.6 Å². The lowest BCUT2D eigenvalue weighted by atomic mass is 9.97. The molecular weight excluding hydrogens is 330 g/mol. The van der Waals surface area contributed by atoms with Crippen molar-refractivity contribution in [2.24, 2.45) is 0 Å². The molecule has 0 radical (unpaired) electrons. The first-order valence-corrected chi connectivity index (χ1v) is 7.71. The zero-order chi connectivity index (χ0) is 15.1. The molecule has 1 heterocycles. The van der Waals surface area contributed by atoms with Gasteiger partial charge in [-0.2, -0.15) is 0 Å². The van der Waals surface area contributed by atoms with Gasteiger partial charge in [-0.25, -0.2) is 0 Å². The lowest BCUT2D eigenvalue weighted by Crippen LogP contribution is -2.08. The highest BCUT2D eigenvalue weighted by molar-refractivity contribution is 9.09. The Morgan fingerprint density at radius 1 is 1.14 bits per heavy atom. The fourth-order valence-electron chi connectivity index (χ4n) is 2.60. The topological polar surface area (TPSA) is 33.5 Å². The molecule has 0 saturated carbocycles. The van der Waals surface area contributed by atoms with Gasteiger partial charge in [-0.05, 0) is 36.8 Å². The van der Waals surface area contributed by atoms with Crippen molar-refractivity contribution in [1.82, 2.24) is 0 Å². The molecule has 0 bridgehead atoms. The zero-order valence-corrected chi connectivity index (χ0v) is 13.8. The highest BCUT2D eigenvalue weighted by Crippen LogP contribution is 2.40. The third-order valence-corrected chi connectivity index (χ3v) is 4.09. The van der Waals surface area contributed by atoms with Gasteiger partial charge >= 0.3 is 0 Å². The molecule has 1 aliphatic carbocycles. The van der Waals surface area contributed by atoms with Gasteiger partial charge in [0.05, 0.1) is 0 Å². The Balaban J connectivity index is 2.44. The quantitative estimate of drug-likeness (QED) is 0.509. The molecule has 0 saturated heterocycles. The van der Waals surface area contributed by atoms with E-state index in [9.17, 15) is 4.79 Å².